The van der Waals surface area contributed by atoms with E-state index in [0.29, 0.717) is 12.1 Å². The molecule has 6 nitrogen and oxygen atoms in total. The zero-order chi connectivity index (χ0) is 22.8. The van der Waals surface area contributed by atoms with Crippen LogP contribution in [0.2, 0.25) is 0 Å². The van der Waals surface area contributed by atoms with E-state index < -0.39 is 0 Å². The molecule has 3 heterocycles. The number of phenolic OH excluding ortho intramolecular Hbond substituents is 1. The molecule has 168 valence electrons. The van der Waals surface area contributed by atoms with Gasteiger partial charge in [-0.2, -0.15) is 0 Å². The Labute approximate surface area is 198 Å². The molecule has 5 rings (SSSR count). The summed E-state index contributed by atoms with van der Waals surface area (Å²) in [4.78, 5) is 27.6. The van der Waals surface area contributed by atoms with Crippen molar-refractivity contribution in [3.05, 3.63) is 69.0 Å². The predicted molar refractivity (Wildman–Crippen MR) is 131 cm³/mol. The predicted octanol–water partition coefficient (Wildman–Crippen LogP) is 3.43. The first-order chi connectivity index (χ1) is 16.1. The number of amides is 2. The third-order valence-electron chi connectivity index (χ3n) is 6.05. The van der Waals surface area contributed by atoms with Gasteiger partial charge in [0.25, 0.3) is 0 Å². The minimum atomic E-state index is -0.131. The van der Waals surface area contributed by atoms with Crippen molar-refractivity contribution in [1.82, 2.24) is 10.2 Å². The number of phenols is 1. The van der Waals surface area contributed by atoms with Crippen molar-refractivity contribution in [3.63, 3.8) is 0 Å². The maximum atomic E-state index is 12.7. The van der Waals surface area contributed by atoms with Crippen molar-refractivity contribution in [2.24, 2.45) is 0 Å². The fraction of sp³-hybridized carbons (Fsp3) is 0.231. The van der Waals surface area contributed by atoms with E-state index in [-0.39, 0.29) is 32.1 Å². The molecule has 0 radical (unpaired) electrons. The molecule has 0 unspecified atom stereocenters. The normalized spacial score (nSPS) is 16.7. The van der Waals surface area contributed by atoms with Crippen molar-refractivity contribution < 1.29 is 14.7 Å². The molecule has 0 saturated carbocycles. The average molecular weight is 506 g/mol. The molecule has 2 aliphatic heterocycles. The Morgan fingerprint density at radius 2 is 1.82 bits per heavy atom. The molecule has 0 aliphatic carbocycles. The SMILES string of the molecule is O=C1Nc2cc(-c3ccc(O)cc3)ccc2/C1=C/c1ccc(C(=O)NCCN2CCCC2)[se]1. The van der Waals surface area contributed by atoms with Crippen molar-refractivity contribution in [2.75, 3.05) is 31.5 Å². The first kappa shape index (κ1) is 21.7. The van der Waals surface area contributed by atoms with Crippen LogP contribution in [0.15, 0.2) is 54.6 Å². The Morgan fingerprint density at radius 3 is 2.61 bits per heavy atom. The number of fused-ring (bicyclic) bond motifs is 1. The molecule has 7 heteroatoms. The van der Waals surface area contributed by atoms with Gasteiger partial charge in [-0.1, -0.05) is 0 Å². The average Bonchev–Trinajstić information content (AvgIpc) is 3.56. The second kappa shape index (κ2) is 9.40. The topological polar surface area (TPSA) is 81.7 Å². The Hall–Kier alpha value is -3.12. The van der Waals surface area contributed by atoms with E-state index >= 15 is 0 Å². The van der Waals surface area contributed by atoms with Crippen molar-refractivity contribution in [2.45, 2.75) is 12.8 Å². The molecule has 2 aliphatic rings. The van der Waals surface area contributed by atoms with Crippen molar-refractivity contribution >= 4 is 43.7 Å². The number of benzene rings is 2. The number of aromatic hydroxyl groups is 1. The van der Waals surface area contributed by atoms with Crippen LogP contribution in [0, 0.1) is 0 Å². The van der Waals surface area contributed by atoms with Gasteiger partial charge in [0.15, 0.2) is 0 Å². The molecule has 2 aromatic carbocycles. The molecular weight excluding hydrogens is 481 g/mol. The quantitative estimate of drug-likeness (QED) is 0.354. The number of rotatable bonds is 6. The van der Waals surface area contributed by atoms with E-state index in [1.807, 2.05) is 48.5 Å². The Balaban J connectivity index is 1.29. The summed E-state index contributed by atoms with van der Waals surface area (Å²) in [5.74, 6) is 0.0835. The van der Waals surface area contributed by atoms with Gasteiger partial charge in [0.1, 0.15) is 0 Å². The number of anilines is 1. The summed E-state index contributed by atoms with van der Waals surface area (Å²) in [6.45, 7) is 3.82. The van der Waals surface area contributed by atoms with Gasteiger partial charge < -0.3 is 0 Å². The molecule has 0 atom stereocenters. The van der Waals surface area contributed by atoms with Gasteiger partial charge >= 0.3 is 199 Å². The van der Waals surface area contributed by atoms with Crippen LogP contribution < -0.4 is 10.6 Å². The van der Waals surface area contributed by atoms with E-state index in [4.69, 9.17) is 0 Å². The van der Waals surface area contributed by atoms with Gasteiger partial charge in [-0.05, 0) is 0 Å². The molecule has 0 bridgehead atoms. The molecule has 1 saturated heterocycles. The Kier molecular flexibility index (Phi) is 6.18. The Bertz CT molecular complexity index is 1220. The summed E-state index contributed by atoms with van der Waals surface area (Å²) in [7, 11) is 0. The van der Waals surface area contributed by atoms with Crippen LogP contribution >= 0.6 is 0 Å². The van der Waals surface area contributed by atoms with Crippen molar-refractivity contribution in [1.29, 1.82) is 0 Å². The third-order valence-corrected chi connectivity index (χ3v) is 8.22. The van der Waals surface area contributed by atoms with Gasteiger partial charge in [-0.3, -0.25) is 0 Å². The summed E-state index contributed by atoms with van der Waals surface area (Å²) < 4.78 is 1.80. The van der Waals surface area contributed by atoms with E-state index in [1.165, 1.54) is 12.8 Å². The summed E-state index contributed by atoms with van der Waals surface area (Å²) >= 11 is -0.125. The summed E-state index contributed by atoms with van der Waals surface area (Å²) in [5.41, 5.74) is 4.20. The van der Waals surface area contributed by atoms with Crippen LogP contribution in [0.5, 0.6) is 5.75 Å². The summed E-state index contributed by atoms with van der Waals surface area (Å²) in [5, 5.41) is 15.5. The number of carbonyl (C=O) groups excluding carboxylic acids is 2. The molecule has 3 aromatic rings. The van der Waals surface area contributed by atoms with Gasteiger partial charge in [0.05, 0.1) is 0 Å². The molecular formula is C26H25N3O3Se. The Morgan fingerprint density at radius 1 is 1.06 bits per heavy atom. The van der Waals surface area contributed by atoms with Gasteiger partial charge in [-0.25, -0.2) is 0 Å². The maximum absolute atomic E-state index is 12.7. The van der Waals surface area contributed by atoms with Gasteiger partial charge in [0, 0.05) is 0 Å². The monoisotopic (exact) mass is 507 g/mol. The van der Waals surface area contributed by atoms with E-state index in [0.717, 1.165) is 50.9 Å². The molecule has 2 amide bonds. The number of hydrogen-bond acceptors (Lipinski definition) is 4. The number of nitrogens with one attached hydrogen (secondary N) is 2. The van der Waals surface area contributed by atoms with Crippen LogP contribution in [0.1, 0.15) is 32.1 Å². The van der Waals surface area contributed by atoms with Crippen LogP contribution in [0.4, 0.5) is 5.69 Å². The third kappa shape index (κ3) is 4.81. The molecule has 3 N–H and O–H groups in total. The summed E-state index contributed by atoms with van der Waals surface area (Å²) in [6.07, 6.45) is 4.40. The first-order valence-electron chi connectivity index (χ1n) is 11.1. The van der Waals surface area contributed by atoms with Gasteiger partial charge in [-0.15, -0.1) is 0 Å². The molecule has 1 fully saturated rings. The van der Waals surface area contributed by atoms with E-state index in [9.17, 15) is 14.7 Å². The standard InChI is InChI=1S/C26H25N3O3Se/c30-19-6-3-17(4-7-19)18-5-9-21-22(25(31)28-23(21)15-18)16-20-8-10-24(33-20)26(32)27-11-14-29-12-1-2-13-29/h3-10,15-16,30H,1-2,11-14H2,(H,27,32)(H,28,31)/b22-16-. The first-order valence-corrected chi connectivity index (χ1v) is 12.9. The second-order valence-corrected chi connectivity index (χ2v) is 10.7. The fourth-order valence-electron chi connectivity index (χ4n) is 4.29. The minimum absolute atomic E-state index is 0.00587. The molecule has 1 aromatic heterocycles. The van der Waals surface area contributed by atoms with E-state index in [1.54, 1.807) is 12.1 Å². The van der Waals surface area contributed by atoms with Crippen LogP contribution in [0.3, 0.4) is 0 Å². The second-order valence-electron chi connectivity index (χ2n) is 8.33. The molecule has 0 spiro atoms. The summed E-state index contributed by atoms with van der Waals surface area (Å²) in [6, 6.07) is 16.7. The number of carbonyl (C=O) groups is 2. The zero-order valence-corrected chi connectivity index (χ0v) is 19.8. The van der Waals surface area contributed by atoms with Crippen LogP contribution in [0.25, 0.3) is 22.8 Å². The number of likely N-dealkylation sites (tertiary alicyclic amines) is 1. The van der Waals surface area contributed by atoms with E-state index in [2.05, 4.69) is 15.5 Å². The zero-order valence-electron chi connectivity index (χ0n) is 18.1. The molecule has 33 heavy (non-hydrogen) atoms. The van der Waals surface area contributed by atoms with Gasteiger partial charge in [0.2, 0.25) is 0 Å². The number of hydrogen-bond donors (Lipinski definition) is 3. The number of nitrogens with zero attached hydrogens (tertiary/aromatic N) is 1. The van der Waals surface area contributed by atoms with Crippen LogP contribution in [-0.4, -0.2) is 62.5 Å². The van der Waals surface area contributed by atoms with Crippen molar-refractivity contribution in [3.8, 4) is 16.9 Å². The fourth-order valence-corrected chi connectivity index (χ4v) is 6.11. The van der Waals surface area contributed by atoms with Crippen LogP contribution in [-0.2, 0) is 4.79 Å².